The molecule has 0 aromatic heterocycles. The van der Waals surface area contributed by atoms with E-state index in [-0.39, 0.29) is 23.3 Å². The van der Waals surface area contributed by atoms with E-state index in [1.165, 1.54) is 6.07 Å². The number of aryl methyl sites for hydroxylation is 1. The molecular formula is C28H34FN5O4. The zero-order valence-electron chi connectivity index (χ0n) is 22.2. The maximum absolute atomic E-state index is 14.5. The first-order chi connectivity index (χ1) is 18.0. The van der Waals surface area contributed by atoms with Crippen molar-refractivity contribution in [3.05, 3.63) is 65.0 Å². The van der Waals surface area contributed by atoms with E-state index >= 15 is 0 Å². The van der Waals surface area contributed by atoms with Crippen LogP contribution < -0.4 is 16.0 Å². The molecule has 1 atom stereocenters. The van der Waals surface area contributed by atoms with Crippen molar-refractivity contribution in [3.63, 3.8) is 0 Å². The van der Waals surface area contributed by atoms with E-state index in [0.29, 0.717) is 43.7 Å². The fourth-order valence-corrected chi connectivity index (χ4v) is 5.35. The van der Waals surface area contributed by atoms with Crippen molar-refractivity contribution in [3.8, 4) is 0 Å². The topological polar surface area (TPSA) is 116 Å². The summed E-state index contributed by atoms with van der Waals surface area (Å²) in [7, 11) is 1.74. The summed E-state index contributed by atoms with van der Waals surface area (Å²) in [6.45, 7) is 6.27. The number of piperidine rings is 1. The van der Waals surface area contributed by atoms with Gasteiger partial charge >= 0.3 is 0 Å². The summed E-state index contributed by atoms with van der Waals surface area (Å²) in [6.07, 6.45) is 0.815. The number of carbonyl (C=O) groups is 4. The van der Waals surface area contributed by atoms with E-state index in [2.05, 4.69) is 5.32 Å². The summed E-state index contributed by atoms with van der Waals surface area (Å²) < 4.78 is 14.5. The minimum atomic E-state index is -0.837. The molecule has 0 aliphatic carbocycles. The van der Waals surface area contributed by atoms with Gasteiger partial charge in [0.1, 0.15) is 17.4 Å². The van der Waals surface area contributed by atoms with E-state index < -0.39 is 29.2 Å². The van der Waals surface area contributed by atoms with E-state index in [9.17, 15) is 23.6 Å². The quantitative estimate of drug-likeness (QED) is 0.603. The van der Waals surface area contributed by atoms with Gasteiger partial charge in [0.2, 0.25) is 17.7 Å². The molecule has 2 fully saturated rings. The van der Waals surface area contributed by atoms with Crippen molar-refractivity contribution in [2.45, 2.75) is 45.2 Å². The van der Waals surface area contributed by atoms with Crippen LogP contribution in [0.2, 0.25) is 0 Å². The summed E-state index contributed by atoms with van der Waals surface area (Å²) in [5.41, 5.74) is 5.98. The summed E-state index contributed by atoms with van der Waals surface area (Å²) in [6, 6.07) is 10.6. The van der Waals surface area contributed by atoms with Gasteiger partial charge in [-0.2, -0.15) is 0 Å². The molecule has 1 spiro atoms. The third-order valence-corrected chi connectivity index (χ3v) is 7.64. The van der Waals surface area contributed by atoms with Gasteiger partial charge in [-0.1, -0.05) is 26.0 Å². The number of hydrogen-bond donors (Lipinski definition) is 2. The van der Waals surface area contributed by atoms with Gasteiger partial charge in [0.15, 0.2) is 0 Å². The maximum Gasteiger partial charge on any atom is 0.254 e. The molecule has 4 rings (SSSR count). The molecule has 2 aliphatic rings. The van der Waals surface area contributed by atoms with Gasteiger partial charge < -0.3 is 25.8 Å². The molecule has 2 aromatic carbocycles. The van der Waals surface area contributed by atoms with Crippen molar-refractivity contribution in [2.24, 2.45) is 11.7 Å². The molecule has 2 aromatic rings. The number of likely N-dealkylation sites (tertiary alicyclic amines) is 1. The first-order valence-corrected chi connectivity index (χ1v) is 12.7. The second-order valence-electron chi connectivity index (χ2n) is 10.5. The Kier molecular flexibility index (Phi) is 7.44. The third-order valence-electron chi connectivity index (χ3n) is 7.64. The molecular weight excluding hydrogens is 489 g/mol. The average molecular weight is 524 g/mol. The fraction of sp³-hybridized carbons (Fsp3) is 0.429. The van der Waals surface area contributed by atoms with E-state index in [0.717, 1.165) is 5.69 Å². The maximum atomic E-state index is 14.5. The Hall–Kier alpha value is -3.95. The highest BCUT2D eigenvalue weighted by Gasteiger charge is 2.53. The summed E-state index contributed by atoms with van der Waals surface area (Å²) in [5, 5.41) is 2.73. The summed E-state index contributed by atoms with van der Waals surface area (Å²) >= 11 is 0. The number of amides is 4. The first-order valence-electron chi connectivity index (χ1n) is 12.7. The number of anilines is 1. The number of halogens is 1. The number of nitrogens with zero attached hydrogens (tertiary/aromatic N) is 3. The van der Waals surface area contributed by atoms with Crippen molar-refractivity contribution < 1.29 is 23.6 Å². The van der Waals surface area contributed by atoms with Gasteiger partial charge in [-0.05, 0) is 61.6 Å². The van der Waals surface area contributed by atoms with Gasteiger partial charge in [-0.3, -0.25) is 19.2 Å². The zero-order chi connectivity index (χ0) is 27.8. The predicted octanol–water partition coefficient (Wildman–Crippen LogP) is 2.28. The van der Waals surface area contributed by atoms with Crippen LogP contribution in [0.5, 0.6) is 0 Å². The Morgan fingerprint density at radius 1 is 1.05 bits per heavy atom. The molecule has 0 radical (unpaired) electrons. The summed E-state index contributed by atoms with van der Waals surface area (Å²) in [4.78, 5) is 56.5. The van der Waals surface area contributed by atoms with Crippen LogP contribution in [-0.4, -0.2) is 71.8 Å². The molecule has 9 nitrogen and oxygen atoms in total. The number of benzene rings is 2. The van der Waals surface area contributed by atoms with E-state index in [1.807, 2.05) is 18.7 Å². The molecule has 38 heavy (non-hydrogen) atoms. The Balaban J connectivity index is 1.50. The smallest absolute Gasteiger partial charge is 0.254 e. The molecule has 0 unspecified atom stereocenters. The monoisotopic (exact) mass is 523 g/mol. The number of rotatable bonds is 6. The van der Waals surface area contributed by atoms with E-state index in [4.69, 9.17) is 5.73 Å². The summed E-state index contributed by atoms with van der Waals surface area (Å²) in [5.74, 6) is -2.27. The lowest BCUT2D eigenvalue weighted by atomic mass is 9.85. The SMILES string of the molecule is Cc1cccc(C(=O)N[C@@H](C(=O)N2CCC3(CC2)C(=O)N(C)CN3c2ccc(C(N)=O)cc2)C(C)C)c1F. The Bertz CT molecular complexity index is 1250. The second-order valence-corrected chi connectivity index (χ2v) is 10.5. The molecule has 2 aliphatic heterocycles. The van der Waals surface area contributed by atoms with E-state index in [1.54, 1.807) is 60.2 Å². The largest absolute Gasteiger partial charge is 0.366 e. The number of nitrogens with two attached hydrogens (primary N) is 1. The van der Waals surface area contributed by atoms with Crippen molar-refractivity contribution in [1.29, 1.82) is 0 Å². The molecule has 4 amide bonds. The van der Waals surface area contributed by atoms with Crippen LogP contribution in [0.15, 0.2) is 42.5 Å². The molecule has 2 heterocycles. The van der Waals surface area contributed by atoms with Gasteiger partial charge in [-0.25, -0.2) is 4.39 Å². The predicted molar refractivity (Wildman–Crippen MR) is 141 cm³/mol. The lowest BCUT2D eigenvalue weighted by Crippen LogP contribution is -2.60. The van der Waals surface area contributed by atoms with Crippen LogP contribution in [0.4, 0.5) is 10.1 Å². The minimum absolute atomic E-state index is 0.0211. The molecule has 0 saturated carbocycles. The van der Waals surface area contributed by atoms with Crippen LogP contribution in [0.3, 0.4) is 0 Å². The number of primary amides is 1. The normalized spacial score (nSPS) is 17.7. The van der Waals surface area contributed by atoms with Crippen LogP contribution >= 0.6 is 0 Å². The van der Waals surface area contributed by atoms with Gasteiger partial charge in [0, 0.05) is 31.4 Å². The standard InChI is InChI=1S/C28H34FN5O4/c1-17(2)23(31-25(36)21-7-5-6-18(3)22(21)29)26(37)33-14-12-28(13-15-33)27(38)32(4)16-34(28)20-10-8-19(9-11-20)24(30)35/h5-11,17,23H,12-16H2,1-4H3,(H2,30,35)(H,31,36)/t23-/m1/s1. The van der Waals surface area contributed by atoms with Gasteiger partial charge in [-0.15, -0.1) is 0 Å². The van der Waals surface area contributed by atoms with Crippen LogP contribution in [0, 0.1) is 18.7 Å². The molecule has 0 bridgehead atoms. The van der Waals surface area contributed by atoms with Gasteiger partial charge in [0.25, 0.3) is 5.91 Å². The number of nitrogens with one attached hydrogen (secondary N) is 1. The lowest BCUT2D eigenvalue weighted by Gasteiger charge is -2.44. The Morgan fingerprint density at radius 2 is 1.68 bits per heavy atom. The number of hydrogen-bond acceptors (Lipinski definition) is 5. The van der Waals surface area contributed by atoms with Crippen LogP contribution in [0.1, 0.15) is 53.0 Å². The minimum Gasteiger partial charge on any atom is -0.366 e. The van der Waals surface area contributed by atoms with Crippen molar-refractivity contribution in [2.75, 3.05) is 31.7 Å². The molecule has 202 valence electrons. The number of likely N-dealkylation sites (N-methyl/N-ethyl adjacent to an activating group) is 1. The Labute approximate surface area is 221 Å². The van der Waals surface area contributed by atoms with Crippen LogP contribution in [-0.2, 0) is 9.59 Å². The number of carbonyl (C=O) groups excluding carboxylic acids is 4. The Morgan fingerprint density at radius 3 is 2.26 bits per heavy atom. The first kappa shape index (κ1) is 27.1. The third kappa shape index (κ3) is 4.82. The zero-order valence-corrected chi connectivity index (χ0v) is 22.2. The highest BCUT2D eigenvalue weighted by Crippen LogP contribution is 2.39. The molecule has 3 N–H and O–H groups in total. The highest BCUT2D eigenvalue weighted by molar-refractivity contribution is 5.98. The highest BCUT2D eigenvalue weighted by atomic mass is 19.1. The van der Waals surface area contributed by atoms with Crippen molar-refractivity contribution in [1.82, 2.24) is 15.1 Å². The van der Waals surface area contributed by atoms with Crippen molar-refractivity contribution >= 4 is 29.3 Å². The second kappa shape index (κ2) is 10.4. The van der Waals surface area contributed by atoms with Crippen LogP contribution in [0.25, 0.3) is 0 Å². The van der Waals surface area contributed by atoms with Gasteiger partial charge in [0.05, 0.1) is 12.2 Å². The molecule has 2 saturated heterocycles. The fourth-order valence-electron chi connectivity index (χ4n) is 5.35. The molecule has 10 heteroatoms. The lowest BCUT2D eigenvalue weighted by molar-refractivity contribution is -0.139. The average Bonchev–Trinajstić information content (AvgIpc) is 3.13.